The number of hydrogen-bond acceptors (Lipinski definition) is 7. The van der Waals surface area contributed by atoms with E-state index in [1.54, 1.807) is 9.58 Å². The zero-order valence-corrected chi connectivity index (χ0v) is 16.8. The summed E-state index contributed by atoms with van der Waals surface area (Å²) in [7, 11) is -3.04. The molecule has 1 atom stereocenters. The van der Waals surface area contributed by atoms with Gasteiger partial charge in [-0.2, -0.15) is 4.68 Å². The van der Waals surface area contributed by atoms with Gasteiger partial charge in [0.25, 0.3) is 0 Å². The molecule has 3 rings (SSSR count). The molecule has 146 valence electrons. The van der Waals surface area contributed by atoms with E-state index in [1.807, 2.05) is 30.3 Å². The molecule has 0 bridgehead atoms. The topological polar surface area (TPSA) is 98.1 Å². The molecule has 0 saturated carbocycles. The predicted molar refractivity (Wildman–Crippen MR) is 104 cm³/mol. The molecule has 2 aromatic rings. The van der Waals surface area contributed by atoms with Crippen molar-refractivity contribution in [1.82, 2.24) is 25.1 Å². The summed E-state index contributed by atoms with van der Waals surface area (Å²) >= 11 is 1.26. The van der Waals surface area contributed by atoms with Crippen LogP contribution in [0.25, 0.3) is 5.69 Å². The zero-order chi connectivity index (χ0) is 19.3. The van der Waals surface area contributed by atoms with Gasteiger partial charge in [0.15, 0.2) is 9.84 Å². The highest BCUT2D eigenvalue weighted by atomic mass is 32.2. The fraction of sp³-hybridized carbons (Fsp3) is 0.529. The number of carbonyl (C=O) groups is 1. The average molecular weight is 410 g/mol. The molecule has 0 radical (unpaired) electrons. The number of carbonyl (C=O) groups excluding carboxylic acids is 1. The summed E-state index contributed by atoms with van der Waals surface area (Å²) in [5, 5.41) is 12.2. The standard InChI is InChI=1S/C17H23N5O3S2/c1-2-3-10-21(15-9-11-27(24,25)13-15)16(23)12-26-17-18-19-20-22(17)14-7-5-4-6-8-14/h4-8,15H,2-3,9-13H2,1H3/t15-/m0/s1. The Bertz CT molecular complexity index is 870. The first-order valence-electron chi connectivity index (χ1n) is 8.96. The maximum absolute atomic E-state index is 12.8. The fourth-order valence-corrected chi connectivity index (χ4v) is 5.58. The molecule has 10 heteroatoms. The van der Waals surface area contributed by atoms with Gasteiger partial charge in [0, 0.05) is 12.6 Å². The Hall–Kier alpha value is -1.94. The zero-order valence-electron chi connectivity index (χ0n) is 15.2. The van der Waals surface area contributed by atoms with Crippen molar-refractivity contribution in [3.63, 3.8) is 0 Å². The third-order valence-corrected chi connectivity index (χ3v) is 7.14. The van der Waals surface area contributed by atoms with Gasteiger partial charge < -0.3 is 4.90 Å². The molecule has 1 aromatic heterocycles. The molecule has 1 amide bonds. The van der Waals surface area contributed by atoms with Gasteiger partial charge in [-0.05, 0) is 35.4 Å². The van der Waals surface area contributed by atoms with E-state index in [-0.39, 0.29) is 29.2 Å². The smallest absolute Gasteiger partial charge is 0.233 e. The average Bonchev–Trinajstić information content (AvgIpc) is 3.27. The summed E-state index contributed by atoms with van der Waals surface area (Å²) in [5.41, 5.74) is 0.821. The van der Waals surface area contributed by atoms with E-state index in [4.69, 9.17) is 0 Å². The Morgan fingerprint density at radius 3 is 2.78 bits per heavy atom. The third-order valence-electron chi connectivity index (χ3n) is 4.49. The molecule has 1 aliphatic rings. The van der Waals surface area contributed by atoms with Gasteiger partial charge in [-0.15, -0.1) is 5.10 Å². The lowest BCUT2D eigenvalue weighted by atomic mass is 10.2. The van der Waals surface area contributed by atoms with Gasteiger partial charge in [-0.25, -0.2) is 8.42 Å². The molecule has 8 nitrogen and oxygen atoms in total. The van der Waals surface area contributed by atoms with Crippen molar-refractivity contribution in [2.24, 2.45) is 0 Å². The number of rotatable bonds is 8. The van der Waals surface area contributed by atoms with Crippen molar-refractivity contribution in [3.05, 3.63) is 30.3 Å². The summed E-state index contributed by atoms with van der Waals surface area (Å²) in [6.07, 6.45) is 2.32. The molecule has 0 spiro atoms. The lowest BCUT2D eigenvalue weighted by Gasteiger charge is -2.28. The molecule has 1 fully saturated rings. The minimum Gasteiger partial charge on any atom is -0.338 e. The van der Waals surface area contributed by atoms with Crippen LogP contribution in [0.2, 0.25) is 0 Å². The molecule has 0 unspecified atom stereocenters. The first kappa shape index (κ1) is 19.8. The number of tetrazole rings is 1. The lowest BCUT2D eigenvalue weighted by Crippen LogP contribution is -2.42. The maximum Gasteiger partial charge on any atom is 0.233 e. The number of sulfone groups is 1. The van der Waals surface area contributed by atoms with Crippen molar-refractivity contribution in [3.8, 4) is 5.69 Å². The monoisotopic (exact) mass is 409 g/mol. The molecule has 0 N–H and O–H groups in total. The summed E-state index contributed by atoms with van der Waals surface area (Å²) in [4.78, 5) is 14.6. The highest BCUT2D eigenvalue weighted by Crippen LogP contribution is 2.22. The Morgan fingerprint density at radius 2 is 2.11 bits per heavy atom. The van der Waals surface area contributed by atoms with Gasteiger partial charge in [0.1, 0.15) is 0 Å². The minimum atomic E-state index is -3.04. The van der Waals surface area contributed by atoms with Crippen LogP contribution in [-0.2, 0) is 14.6 Å². The second-order valence-electron chi connectivity index (χ2n) is 6.50. The van der Waals surface area contributed by atoms with Crippen molar-refractivity contribution in [1.29, 1.82) is 0 Å². The molecule has 1 aromatic carbocycles. The van der Waals surface area contributed by atoms with Crippen LogP contribution < -0.4 is 0 Å². The number of aromatic nitrogens is 4. The van der Waals surface area contributed by atoms with Crippen LogP contribution in [-0.4, -0.2) is 69.3 Å². The molecule has 1 saturated heterocycles. The van der Waals surface area contributed by atoms with E-state index >= 15 is 0 Å². The van der Waals surface area contributed by atoms with E-state index < -0.39 is 9.84 Å². The van der Waals surface area contributed by atoms with Crippen LogP contribution in [0, 0.1) is 0 Å². The molecule has 1 aliphatic heterocycles. The summed E-state index contributed by atoms with van der Waals surface area (Å²) in [5.74, 6) is 0.327. The predicted octanol–water partition coefficient (Wildman–Crippen LogP) is 1.57. The van der Waals surface area contributed by atoms with Crippen molar-refractivity contribution in [2.75, 3.05) is 23.8 Å². The Balaban J connectivity index is 1.67. The number of hydrogen-bond donors (Lipinski definition) is 0. The summed E-state index contributed by atoms with van der Waals surface area (Å²) in [6, 6.07) is 9.25. The van der Waals surface area contributed by atoms with E-state index in [0.29, 0.717) is 18.1 Å². The van der Waals surface area contributed by atoms with Crippen LogP contribution in [0.15, 0.2) is 35.5 Å². The second kappa shape index (κ2) is 8.83. The summed E-state index contributed by atoms with van der Waals surface area (Å²) < 4.78 is 25.2. The second-order valence-corrected chi connectivity index (χ2v) is 9.67. The van der Waals surface area contributed by atoms with Gasteiger partial charge >= 0.3 is 0 Å². The highest BCUT2D eigenvalue weighted by Gasteiger charge is 2.34. The van der Waals surface area contributed by atoms with Crippen molar-refractivity contribution < 1.29 is 13.2 Å². The number of unbranched alkanes of at least 4 members (excludes halogenated alkanes) is 1. The normalized spacial score (nSPS) is 18.5. The van der Waals surface area contributed by atoms with Crippen LogP contribution in [0.4, 0.5) is 0 Å². The number of para-hydroxylation sites is 1. The van der Waals surface area contributed by atoms with E-state index in [0.717, 1.165) is 18.5 Å². The quantitative estimate of drug-likeness (QED) is 0.610. The minimum absolute atomic E-state index is 0.0644. The van der Waals surface area contributed by atoms with Gasteiger partial charge in [0.2, 0.25) is 11.1 Å². The van der Waals surface area contributed by atoms with Gasteiger partial charge in [0.05, 0.1) is 22.9 Å². The van der Waals surface area contributed by atoms with E-state index in [2.05, 4.69) is 22.4 Å². The lowest BCUT2D eigenvalue weighted by molar-refractivity contribution is -0.130. The molecular formula is C17H23N5O3S2. The van der Waals surface area contributed by atoms with Crippen LogP contribution in [0.3, 0.4) is 0 Å². The number of thioether (sulfide) groups is 1. The van der Waals surface area contributed by atoms with Crippen molar-refractivity contribution >= 4 is 27.5 Å². The largest absolute Gasteiger partial charge is 0.338 e. The van der Waals surface area contributed by atoms with Crippen LogP contribution in [0.1, 0.15) is 26.2 Å². The molecule has 2 heterocycles. The number of benzene rings is 1. The van der Waals surface area contributed by atoms with Crippen LogP contribution in [0.5, 0.6) is 0 Å². The molecular weight excluding hydrogens is 386 g/mol. The summed E-state index contributed by atoms with van der Waals surface area (Å²) in [6.45, 7) is 2.64. The SMILES string of the molecule is CCCCN(C(=O)CSc1nnnn1-c1ccccc1)[C@H]1CCS(=O)(=O)C1. The number of nitrogens with zero attached hydrogens (tertiary/aromatic N) is 5. The first-order chi connectivity index (χ1) is 13.0. The molecule has 0 aliphatic carbocycles. The Morgan fingerprint density at radius 1 is 1.33 bits per heavy atom. The third kappa shape index (κ3) is 5.07. The first-order valence-corrected chi connectivity index (χ1v) is 11.8. The van der Waals surface area contributed by atoms with E-state index in [1.165, 1.54) is 11.8 Å². The maximum atomic E-state index is 12.8. The molecule has 27 heavy (non-hydrogen) atoms. The van der Waals surface area contributed by atoms with Gasteiger partial charge in [-0.1, -0.05) is 43.3 Å². The Labute approximate surface area is 163 Å². The van der Waals surface area contributed by atoms with Crippen LogP contribution >= 0.6 is 11.8 Å². The fourth-order valence-electron chi connectivity index (χ4n) is 3.07. The highest BCUT2D eigenvalue weighted by molar-refractivity contribution is 7.99. The van der Waals surface area contributed by atoms with Crippen molar-refractivity contribution in [2.45, 2.75) is 37.4 Å². The van der Waals surface area contributed by atoms with E-state index in [9.17, 15) is 13.2 Å². The Kier molecular flexibility index (Phi) is 6.48. The number of amides is 1. The van der Waals surface area contributed by atoms with Gasteiger partial charge in [-0.3, -0.25) is 4.79 Å².